The first-order valence-electron chi connectivity index (χ1n) is 6.29. The largest absolute Gasteiger partial charge is 0.301 e. The van der Waals surface area contributed by atoms with E-state index in [1.54, 1.807) is 0 Å². The van der Waals surface area contributed by atoms with Crippen molar-refractivity contribution in [2.24, 2.45) is 0 Å². The Hall–Kier alpha value is -1.34. The molecule has 1 aliphatic heterocycles. The number of hydrogen-bond acceptors (Lipinski definition) is 4. The van der Waals surface area contributed by atoms with Crippen LogP contribution in [-0.2, 0) is 9.84 Å². The fourth-order valence-corrected chi connectivity index (χ4v) is 3.36. The fourth-order valence-electron chi connectivity index (χ4n) is 2.09. The van der Waals surface area contributed by atoms with Gasteiger partial charge in [-0.3, -0.25) is 4.79 Å². The van der Waals surface area contributed by atoms with Crippen molar-refractivity contribution in [3.8, 4) is 0 Å². The molecule has 4 nitrogen and oxygen atoms in total. The maximum absolute atomic E-state index is 13.4. The minimum absolute atomic E-state index is 0.0421. The van der Waals surface area contributed by atoms with E-state index in [0.717, 1.165) is 6.07 Å². The summed E-state index contributed by atoms with van der Waals surface area (Å²) in [6, 6.07) is 3.50. The van der Waals surface area contributed by atoms with Gasteiger partial charge in [-0.1, -0.05) is 6.07 Å². The Kier molecular flexibility index (Phi) is 4.49. The minimum atomic E-state index is -2.95. The number of hydrogen-bond donors (Lipinski definition) is 0. The zero-order valence-corrected chi connectivity index (χ0v) is 11.6. The maximum Gasteiger partial charge on any atom is 0.169 e. The zero-order chi connectivity index (χ0) is 14.8. The Morgan fingerprint density at radius 1 is 1.20 bits per heavy atom. The Morgan fingerprint density at radius 2 is 1.85 bits per heavy atom. The molecule has 1 fully saturated rings. The van der Waals surface area contributed by atoms with Gasteiger partial charge in [0.2, 0.25) is 0 Å². The summed E-state index contributed by atoms with van der Waals surface area (Å²) in [4.78, 5) is 13.7. The van der Waals surface area contributed by atoms with Crippen LogP contribution in [0.25, 0.3) is 0 Å². The molecule has 0 bridgehead atoms. The van der Waals surface area contributed by atoms with Gasteiger partial charge in [0.15, 0.2) is 27.3 Å². The molecule has 0 atom stereocenters. The first-order chi connectivity index (χ1) is 9.39. The van der Waals surface area contributed by atoms with Gasteiger partial charge in [-0.2, -0.15) is 0 Å². The standard InChI is InChI=1S/C13H15F2NO3S/c14-11-3-1-2-10(13(11)15)12(17)4-5-16-6-8-20(18,19)9-7-16/h1-3H,4-9H2. The smallest absolute Gasteiger partial charge is 0.169 e. The van der Waals surface area contributed by atoms with Crippen molar-refractivity contribution in [3.63, 3.8) is 0 Å². The van der Waals surface area contributed by atoms with Crippen LogP contribution in [0.5, 0.6) is 0 Å². The first kappa shape index (κ1) is 15.1. The molecule has 2 rings (SSSR count). The van der Waals surface area contributed by atoms with Gasteiger partial charge in [0.1, 0.15) is 0 Å². The molecule has 1 aliphatic rings. The Bertz CT molecular complexity index is 602. The third-order valence-electron chi connectivity index (χ3n) is 3.34. The topological polar surface area (TPSA) is 54.5 Å². The summed E-state index contributed by atoms with van der Waals surface area (Å²) in [5.74, 6) is -2.49. The van der Waals surface area contributed by atoms with Crippen LogP contribution in [-0.4, -0.2) is 50.2 Å². The van der Waals surface area contributed by atoms with Crippen LogP contribution in [0.4, 0.5) is 8.78 Å². The second-order valence-corrected chi connectivity index (χ2v) is 7.07. The van der Waals surface area contributed by atoms with Gasteiger partial charge in [-0.25, -0.2) is 17.2 Å². The molecule has 0 spiro atoms. The summed E-state index contributed by atoms with van der Waals surface area (Å²) in [6.45, 7) is 1.10. The lowest BCUT2D eigenvalue weighted by atomic mass is 10.1. The summed E-state index contributed by atoms with van der Waals surface area (Å²) >= 11 is 0. The molecule has 7 heteroatoms. The molecule has 0 amide bonds. The van der Waals surface area contributed by atoms with E-state index in [1.807, 2.05) is 4.90 Å². The molecule has 20 heavy (non-hydrogen) atoms. The molecule has 0 unspecified atom stereocenters. The van der Waals surface area contributed by atoms with Gasteiger partial charge >= 0.3 is 0 Å². The number of benzene rings is 1. The van der Waals surface area contributed by atoms with E-state index in [2.05, 4.69) is 0 Å². The van der Waals surface area contributed by atoms with E-state index in [0.29, 0.717) is 19.6 Å². The van der Waals surface area contributed by atoms with Gasteiger partial charge in [-0.05, 0) is 12.1 Å². The average molecular weight is 303 g/mol. The number of Topliss-reactive ketones (excluding diaryl/α,β-unsaturated/α-hetero) is 1. The zero-order valence-electron chi connectivity index (χ0n) is 10.8. The lowest BCUT2D eigenvalue weighted by molar-refractivity contribution is 0.0961. The highest BCUT2D eigenvalue weighted by atomic mass is 32.2. The summed E-state index contributed by atoms with van der Waals surface area (Å²) in [5, 5.41) is 0. The minimum Gasteiger partial charge on any atom is -0.301 e. The van der Waals surface area contributed by atoms with Crippen molar-refractivity contribution >= 4 is 15.6 Å². The molecule has 0 saturated carbocycles. The van der Waals surface area contributed by atoms with E-state index in [9.17, 15) is 22.0 Å². The van der Waals surface area contributed by atoms with Gasteiger partial charge in [0, 0.05) is 26.1 Å². The molecule has 0 aliphatic carbocycles. The Balaban J connectivity index is 1.91. The quantitative estimate of drug-likeness (QED) is 0.786. The van der Waals surface area contributed by atoms with Gasteiger partial charge in [-0.15, -0.1) is 0 Å². The van der Waals surface area contributed by atoms with Crippen molar-refractivity contribution in [2.75, 3.05) is 31.1 Å². The second-order valence-electron chi connectivity index (χ2n) is 4.77. The van der Waals surface area contributed by atoms with E-state index < -0.39 is 27.3 Å². The number of halogens is 2. The summed E-state index contributed by atoms with van der Waals surface area (Å²) in [7, 11) is -2.95. The number of carbonyl (C=O) groups excluding carboxylic acids is 1. The maximum atomic E-state index is 13.4. The lowest BCUT2D eigenvalue weighted by Crippen LogP contribution is -2.41. The summed E-state index contributed by atoms with van der Waals surface area (Å²) < 4.78 is 49.0. The second kappa shape index (κ2) is 5.97. The lowest BCUT2D eigenvalue weighted by Gasteiger charge is -2.26. The van der Waals surface area contributed by atoms with Crippen LogP contribution in [0.3, 0.4) is 0 Å². The normalized spacial score (nSPS) is 18.9. The van der Waals surface area contributed by atoms with E-state index in [-0.39, 0.29) is 23.5 Å². The highest BCUT2D eigenvalue weighted by Gasteiger charge is 2.22. The van der Waals surface area contributed by atoms with E-state index in [1.165, 1.54) is 12.1 Å². The monoisotopic (exact) mass is 303 g/mol. The molecule has 1 saturated heterocycles. The SMILES string of the molecule is O=C(CCN1CCS(=O)(=O)CC1)c1cccc(F)c1F. The Morgan fingerprint density at radius 3 is 2.50 bits per heavy atom. The van der Waals surface area contributed by atoms with Crippen molar-refractivity contribution in [1.29, 1.82) is 0 Å². The molecule has 0 N–H and O–H groups in total. The van der Waals surface area contributed by atoms with Crippen LogP contribution in [0.1, 0.15) is 16.8 Å². The van der Waals surface area contributed by atoms with Gasteiger partial charge in [0.05, 0.1) is 17.1 Å². The van der Waals surface area contributed by atoms with E-state index in [4.69, 9.17) is 0 Å². The Labute approximate surface area is 116 Å². The molecule has 1 heterocycles. The molecule has 1 aromatic rings. The number of carbonyl (C=O) groups is 1. The molecule has 0 aromatic heterocycles. The molecular formula is C13H15F2NO3S. The molecule has 110 valence electrons. The molecular weight excluding hydrogens is 288 g/mol. The van der Waals surface area contributed by atoms with Crippen LogP contribution in [0, 0.1) is 11.6 Å². The third kappa shape index (κ3) is 3.61. The average Bonchev–Trinajstić information content (AvgIpc) is 2.40. The fraction of sp³-hybridized carbons (Fsp3) is 0.462. The predicted octanol–water partition coefficient (Wildman–Crippen LogP) is 1.27. The summed E-state index contributed by atoms with van der Waals surface area (Å²) in [6.07, 6.45) is 0.0421. The highest BCUT2D eigenvalue weighted by molar-refractivity contribution is 7.91. The van der Waals surface area contributed by atoms with Gasteiger partial charge in [0.25, 0.3) is 0 Å². The number of ketones is 1. The van der Waals surface area contributed by atoms with Crippen molar-refractivity contribution < 1.29 is 22.0 Å². The number of sulfone groups is 1. The third-order valence-corrected chi connectivity index (χ3v) is 4.95. The van der Waals surface area contributed by atoms with Crippen molar-refractivity contribution in [3.05, 3.63) is 35.4 Å². The van der Waals surface area contributed by atoms with Crippen LogP contribution < -0.4 is 0 Å². The molecule has 1 aromatic carbocycles. The highest BCUT2D eigenvalue weighted by Crippen LogP contribution is 2.14. The van der Waals surface area contributed by atoms with Crippen molar-refractivity contribution in [2.45, 2.75) is 6.42 Å². The van der Waals surface area contributed by atoms with Gasteiger partial charge < -0.3 is 4.90 Å². The van der Waals surface area contributed by atoms with Crippen LogP contribution in [0.2, 0.25) is 0 Å². The van der Waals surface area contributed by atoms with Crippen molar-refractivity contribution in [1.82, 2.24) is 4.90 Å². The predicted molar refractivity (Wildman–Crippen MR) is 70.4 cm³/mol. The number of nitrogens with zero attached hydrogens (tertiary/aromatic N) is 1. The number of rotatable bonds is 4. The van der Waals surface area contributed by atoms with Crippen LogP contribution in [0.15, 0.2) is 18.2 Å². The van der Waals surface area contributed by atoms with E-state index >= 15 is 0 Å². The summed E-state index contributed by atoms with van der Waals surface area (Å²) in [5.41, 5.74) is -0.255. The molecule has 0 radical (unpaired) electrons. The first-order valence-corrected chi connectivity index (χ1v) is 8.11. The van der Waals surface area contributed by atoms with Crippen LogP contribution >= 0.6 is 0 Å².